The van der Waals surface area contributed by atoms with Gasteiger partial charge in [0.25, 0.3) is 0 Å². The molecule has 0 saturated heterocycles. The minimum atomic E-state index is -0.00500. The van der Waals surface area contributed by atoms with Gasteiger partial charge in [-0.2, -0.15) is 0 Å². The van der Waals surface area contributed by atoms with Gasteiger partial charge in [-0.3, -0.25) is 4.79 Å². The zero-order valence-electron chi connectivity index (χ0n) is 13.6. The molecule has 3 aromatic rings. The Morgan fingerprint density at radius 3 is 3.12 bits per heavy atom. The van der Waals surface area contributed by atoms with E-state index in [1.807, 2.05) is 24.3 Å². The Kier molecular flexibility index (Phi) is 4.06. The Balaban J connectivity index is 1.36. The van der Waals surface area contributed by atoms with Crippen molar-refractivity contribution < 1.29 is 4.79 Å². The second-order valence-electron chi connectivity index (χ2n) is 6.49. The fraction of sp³-hybridized carbons (Fsp3) is 0.389. The van der Waals surface area contributed by atoms with Crippen LogP contribution in [-0.2, 0) is 24.1 Å². The van der Waals surface area contributed by atoms with Gasteiger partial charge in [-0.05, 0) is 37.3 Å². The number of H-pyrrole nitrogens is 1. The summed E-state index contributed by atoms with van der Waals surface area (Å²) >= 11 is 1.63. The van der Waals surface area contributed by atoms with Crippen LogP contribution in [0.5, 0.6) is 0 Å². The number of nitrogens with zero attached hydrogens (tertiary/aromatic N) is 2. The molecule has 1 aliphatic rings. The summed E-state index contributed by atoms with van der Waals surface area (Å²) in [5, 5.41) is 3.68. The molecule has 0 spiro atoms. The number of anilines is 1. The minimum Gasteiger partial charge on any atom is -0.342 e. The lowest BCUT2D eigenvalue weighted by molar-refractivity contribution is -0.116. The normalized spacial score (nSPS) is 17.0. The summed E-state index contributed by atoms with van der Waals surface area (Å²) in [5.41, 5.74) is 3.12. The maximum Gasteiger partial charge on any atom is 0.226 e. The van der Waals surface area contributed by atoms with Gasteiger partial charge in [0.05, 0.1) is 16.7 Å². The summed E-state index contributed by atoms with van der Waals surface area (Å²) in [6.07, 6.45) is 4.31. The van der Waals surface area contributed by atoms with E-state index in [-0.39, 0.29) is 5.91 Å². The molecule has 0 bridgehead atoms. The number of para-hydroxylation sites is 2. The number of aromatic nitrogens is 3. The van der Waals surface area contributed by atoms with Gasteiger partial charge < -0.3 is 10.3 Å². The summed E-state index contributed by atoms with van der Waals surface area (Å²) in [6.45, 7) is 2.27. The van der Waals surface area contributed by atoms with E-state index in [0.717, 1.165) is 40.7 Å². The molecule has 1 aromatic carbocycles. The zero-order valence-corrected chi connectivity index (χ0v) is 14.4. The van der Waals surface area contributed by atoms with Gasteiger partial charge in [-0.25, -0.2) is 9.97 Å². The fourth-order valence-corrected chi connectivity index (χ4v) is 4.32. The molecule has 124 valence electrons. The van der Waals surface area contributed by atoms with E-state index < -0.39 is 0 Å². The lowest BCUT2D eigenvalue weighted by Gasteiger charge is -2.15. The van der Waals surface area contributed by atoms with Crippen molar-refractivity contribution in [3.05, 3.63) is 40.7 Å². The summed E-state index contributed by atoms with van der Waals surface area (Å²) in [7, 11) is 0. The van der Waals surface area contributed by atoms with Crippen molar-refractivity contribution >= 4 is 33.4 Å². The third kappa shape index (κ3) is 3.19. The Morgan fingerprint density at radius 2 is 2.25 bits per heavy atom. The lowest BCUT2D eigenvalue weighted by atomic mass is 9.93. The maximum atomic E-state index is 12.2. The first-order valence-corrected chi connectivity index (χ1v) is 9.21. The molecular formula is C18H20N4OS. The first-order chi connectivity index (χ1) is 11.7. The lowest BCUT2D eigenvalue weighted by Crippen LogP contribution is -2.12. The highest BCUT2D eigenvalue weighted by Gasteiger charge is 2.20. The largest absolute Gasteiger partial charge is 0.342 e. The van der Waals surface area contributed by atoms with Gasteiger partial charge in [0.15, 0.2) is 5.13 Å². The number of benzene rings is 1. The molecule has 0 aliphatic heterocycles. The number of nitrogens with one attached hydrogen (secondary N) is 2. The van der Waals surface area contributed by atoms with E-state index in [1.54, 1.807) is 11.3 Å². The van der Waals surface area contributed by atoms with E-state index in [4.69, 9.17) is 0 Å². The van der Waals surface area contributed by atoms with Gasteiger partial charge in [-0.15, -0.1) is 11.3 Å². The molecule has 24 heavy (non-hydrogen) atoms. The second kappa shape index (κ2) is 6.36. The van der Waals surface area contributed by atoms with Crippen molar-refractivity contribution in [2.24, 2.45) is 5.92 Å². The standard InChI is InChI=1S/C18H20N4OS/c1-11-6-7-14-15(10-11)24-18(21-14)22-17(23)9-8-16-19-12-4-2-3-5-13(12)20-16/h2-5,11H,6-10H2,1H3,(H,19,20)(H,21,22,23). The molecule has 2 N–H and O–H groups in total. The van der Waals surface area contributed by atoms with Crippen LogP contribution in [0.4, 0.5) is 5.13 Å². The number of amides is 1. The predicted molar refractivity (Wildman–Crippen MR) is 96.3 cm³/mol. The molecule has 0 radical (unpaired) electrons. The van der Waals surface area contributed by atoms with Gasteiger partial charge in [-0.1, -0.05) is 19.1 Å². The number of rotatable bonds is 4. The van der Waals surface area contributed by atoms with Crippen LogP contribution in [-0.4, -0.2) is 20.9 Å². The van der Waals surface area contributed by atoms with Crippen LogP contribution in [0.15, 0.2) is 24.3 Å². The van der Waals surface area contributed by atoms with E-state index in [9.17, 15) is 4.79 Å². The van der Waals surface area contributed by atoms with Crippen molar-refractivity contribution in [1.29, 1.82) is 0 Å². The van der Waals surface area contributed by atoms with Crippen molar-refractivity contribution in [3.63, 3.8) is 0 Å². The highest BCUT2D eigenvalue weighted by molar-refractivity contribution is 7.15. The van der Waals surface area contributed by atoms with Crippen molar-refractivity contribution in [2.45, 2.75) is 39.0 Å². The highest BCUT2D eigenvalue weighted by atomic mass is 32.1. The molecule has 2 heterocycles. The Hall–Kier alpha value is -2.21. The van der Waals surface area contributed by atoms with Crippen LogP contribution < -0.4 is 5.32 Å². The topological polar surface area (TPSA) is 70.7 Å². The molecule has 0 fully saturated rings. The number of hydrogen-bond donors (Lipinski definition) is 2. The number of aromatic amines is 1. The Labute approximate surface area is 144 Å². The smallest absolute Gasteiger partial charge is 0.226 e. The second-order valence-corrected chi connectivity index (χ2v) is 7.57. The Morgan fingerprint density at radius 1 is 1.38 bits per heavy atom. The Bertz CT molecular complexity index is 849. The van der Waals surface area contributed by atoms with E-state index in [1.165, 1.54) is 17.0 Å². The third-order valence-corrected chi connectivity index (χ3v) is 5.50. The molecule has 5 nitrogen and oxygen atoms in total. The monoisotopic (exact) mass is 340 g/mol. The van der Waals surface area contributed by atoms with Crippen LogP contribution in [0, 0.1) is 5.92 Å². The number of carbonyl (C=O) groups excluding carboxylic acids is 1. The maximum absolute atomic E-state index is 12.2. The number of fused-ring (bicyclic) bond motifs is 2. The van der Waals surface area contributed by atoms with Crippen LogP contribution >= 0.6 is 11.3 Å². The summed E-state index contributed by atoms with van der Waals surface area (Å²) in [5.74, 6) is 1.56. The summed E-state index contributed by atoms with van der Waals surface area (Å²) in [6, 6.07) is 7.90. The van der Waals surface area contributed by atoms with E-state index in [0.29, 0.717) is 12.8 Å². The van der Waals surface area contributed by atoms with E-state index >= 15 is 0 Å². The van der Waals surface area contributed by atoms with Gasteiger partial charge in [0, 0.05) is 17.7 Å². The molecule has 1 amide bonds. The molecule has 6 heteroatoms. The molecule has 0 saturated carbocycles. The van der Waals surface area contributed by atoms with Gasteiger partial charge in [0.1, 0.15) is 5.82 Å². The van der Waals surface area contributed by atoms with Crippen LogP contribution in [0.1, 0.15) is 36.2 Å². The zero-order chi connectivity index (χ0) is 16.5. The quantitative estimate of drug-likeness (QED) is 0.760. The van der Waals surface area contributed by atoms with E-state index in [2.05, 4.69) is 27.2 Å². The van der Waals surface area contributed by atoms with Crippen molar-refractivity contribution in [3.8, 4) is 0 Å². The average Bonchev–Trinajstić information content (AvgIpc) is 3.15. The highest BCUT2D eigenvalue weighted by Crippen LogP contribution is 2.32. The molecule has 1 aliphatic carbocycles. The molecule has 2 aromatic heterocycles. The minimum absolute atomic E-state index is 0.00500. The fourth-order valence-electron chi connectivity index (χ4n) is 3.13. The van der Waals surface area contributed by atoms with Crippen molar-refractivity contribution in [1.82, 2.24) is 15.0 Å². The SMILES string of the molecule is CC1CCc2nc(NC(=O)CCc3nc4ccccc4[nH]3)sc2C1. The van der Waals surface area contributed by atoms with Crippen LogP contribution in [0.3, 0.4) is 0 Å². The van der Waals surface area contributed by atoms with Gasteiger partial charge >= 0.3 is 0 Å². The first kappa shape index (κ1) is 15.3. The summed E-state index contributed by atoms with van der Waals surface area (Å²) < 4.78 is 0. The molecule has 4 rings (SSSR count). The molecule has 1 unspecified atom stereocenters. The van der Waals surface area contributed by atoms with Gasteiger partial charge in [0.2, 0.25) is 5.91 Å². The molecule has 1 atom stereocenters. The number of thiazole rings is 1. The summed E-state index contributed by atoms with van der Waals surface area (Å²) in [4.78, 5) is 25.9. The number of imidazole rings is 1. The number of hydrogen-bond acceptors (Lipinski definition) is 4. The van der Waals surface area contributed by atoms with Crippen molar-refractivity contribution in [2.75, 3.05) is 5.32 Å². The first-order valence-electron chi connectivity index (χ1n) is 8.39. The molecular weight excluding hydrogens is 320 g/mol. The number of carbonyl (C=O) groups is 1. The van der Waals surface area contributed by atoms with Crippen LogP contribution in [0.2, 0.25) is 0 Å². The number of aryl methyl sites for hydroxylation is 2. The average molecular weight is 340 g/mol. The van der Waals surface area contributed by atoms with Crippen LogP contribution in [0.25, 0.3) is 11.0 Å². The predicted octanol–water partition coefficient (Wildman–Crippen LogP) is 3.72. The third-order valence-electron chi connectivity index (χ3n) is 4.46.